The summed E-state index contributed by atoms with van der Waals surface area (Å²) in [4.78, 5) is 0. The second-order valence-corrected chi connectivity index (χ2v) is 4.20. The normalized spacial score (nSPS) is 10.5. The van der Waals surface area contributed by atoms with Gasteiger partial charge in [-0.1, -0.05) is 18.2 Å². The molecule has 1 heterocycles. The molecule has 0 atom stereocenters. The van der Waals surface area contributed by atoms with Crippen LogP contribution >= 0.6 is 0 Å². The van der Waals surface area contributed by atoms with Gasteiger partial charge in [0.1, 0.15) is 5.75 Å². The summed E-state index contributed by atoms with van der Waals surface area (Å²) in [7, 11) is 0. The van der Waals surface area contributed by atoms with Crippen molar-refractivity contribution in [2.24, 2.45) is 0 Å². The van der Waals surface area contributed by atoms with Crippen LogP contribution in [0.3, 0.4) is 0 Å². The highest BCUT2D eigenvalue weighted by molar-refractivity contribution is 5.34. The van der Waals surface area contributed by atoms with Crippen LogP contribution < -0.4 is 10.2 Å². The summed E-state index contributed by atoms with van der Waals surface area (Å²) in [6.45, 7) is 4.82. The van der Waals surface area contributed by atoms with Crippen LogP contribution in [0.1, 0.15) is 19.4 Å². The molecule has 2 aromatic rings. The lowest BCUT2D eigenvalue weighted by Gasteiger charge is -2.15. The van der Waals surface area contributed by atoms with E-state index >= 15 is 0 Å². The zero-order valence-electron chi connectivity index (χ0n) is 10.3. The van der Waals surface area contributed by atoms with Gasteiger partial charge in [0.05, 0.1) is 12.6 Å². The van der Waals surface area contributed by atoms with Gasteiger partial charge in [-0.15, -0.1) is 0 Å². The zero-order chi connectivity index (χ0) is 12.1. The molecular weight excluding hydrogens is 212 g/mol. The second-order valence-electron chi connectivity index (χ2n) is 4.20. The van der Waals surface area contributed by atoms with Crippen LogP contribution in [0.15, 0.2) is 48.8 Å². The summed E-state index contributed by atoms with van der Waals surface area (Å²) in [6.07, 6.45) is 4.15. The molecule has 1 N–H and O–H groups in total. The SMILES string of the molecule is CC(C)Oc1ccccc1CNn1cccc1. The van der Waals surface area contributed by atoms with Gasteiger partial charge >= 0.3 is 0 Å². The largest absolute Gasteiger partial charge is 0.491 e. The Kier molecular flexibility index (Phi) is 3.70. The van der Waals surface area contributed by atoms with Crippen molar-refractivity contribution in [1.82, 2.24) is 4.68 Å². The van der Waals surface area contributed by atoms with Gasteiger partial charge in [0.2, 0.25) is 0 Å². The molecule has 0 aliphatic rings. The molecule has 1 aromatic heterocycles. The van der Waals surface area contributed by atoms with Crippen molar-refractivity contribution in [3.63, 3.8) is 0 Å². The topological polar surface area (TPSA) is 26.2 Å². The summed E-state index contributed by atoms with van der Waals surface area (Å²) in [5.74, 6) is 0.946. The highest BCUT2D eigenvalue weighted by Gasteiger charge is 2.04. The van der Waals surface area contributed by atoms with E-state index in [1.165, 1.54) is 0 Å². The molecule has 0 spiro atoms. The van der Waals surface area contributed by atoms with Crippen molar-refractivity contribution in [2.45, 2.75) is 26.5 Å². The van der Waals surface area contributed by atoms with Gasteiger partial charge in [-0.05, 0) is 32.0 Å². The number of benzene rings is 1. The lowest BCUT2D eigenvalue weighted by atomic mass is 10.2. The van der Waals surface area contributed by atoms with Gasteiger partial charge in [0, 0.05) is 18.0 Å². The number of nitrogens with one attached hydrogen (secondary N) is 1. The van der Waals surface area contributed by atoms with E-state index in [0.29, 0.717) is 0 Å². The highest BCUT2D eigenvalue weighted by atomic mass is 16.5. The standard InChI is InChI=1S/C14H18N2O/c1-12(2)17-14-8-4-3-7-13(14)11-15-16-9-5-6-10-16/h3-10,12,15H,11H2,1-2H3. The number of hydrogen-bond acceptors (Lipinski definition) is 2. The van der Waals surface area contributed by atoms with Gasteiger partial charge in [-0.3, -0.25) is 4.68 Å². The Labute approximate surface area is 102 Å². The summed E-state index contributed by atoms with van der Waals surface area (Å²) in [5.41, 5.74) is 4.45. The van der Waals surface area contributed by atoms with Crippen molar-refractivity contribution in [2.75, 3.05) is 5.43 Å². The highest BCUT2D eigenvalue weighted by Crippen LogP contribution is 2.19. The molecule has 0 saturated carbocycles. The summed E-state index contributed by atoms with van der Waals surface area (Å²) >= 11 is 0. The summed E-state index contributed by atoms with van der Waals surface area (Å²) in [6, 6.07) is 12.1. The Morgan fingerprint density at radius 1 is 1.12 bits per heavy atom. The number of rotatable bonds is 5. The summed E-state index contributed by atoms with van der Waals surface area (Å²) < 4.78 is 7.70. The van der Waals surface area contributed by atoms with E-state index in [0.717, 1.165) is 17.9 Å². The van der Waals surface area contributed by atoms with Gasteiger partial charge < -0.3 is 10.2 Å². The van der Waals surface area contributed by atoms with Crippen LogP contribution in [0.25, 0.3) is 0 Å². The lowest BCUT2D eigenvalue weighted by Crippen LogP contribution is -2.14. The second kappa shape index (κ2) is 5.43. The monoisotopic (exact) mass is 230 g/mol. The minimum atomic E-state index is 0.197. The van der Waals surface area contributed by atoms with Gasteiger partial charge in [-0.2, -0.15) is 0 Å². The molecule has 0 bridgehead atoms. The smallest absolute Gasteiger partial charge is 0.124 e. The Bertz CT molecular complexity index is 449. The molecule has 1 aromatic carbocycles. The van der Waals surface area contributed by atoms with Gasteiger partial charge in [0.15, 0.2) is 0 Å². The van der Waals surface area contributed by atoms with E-state index in [9.17, 15) is 0 Å². The minimum Gasteiger partial charge on any atom is -0.491 e. The average Bonchev–Trinajstić information content (AvgIpc) is 2.80. The molecule has 0 radical (unpaired) electrons. The third-order valence-corrected chi connectivity index (χ3v) is 2.39. The molecule has 0 aliphatic carbocycles. The van der Waals surface area contributed by atoms with Crippen molar-refractivity contribution >= 4 is 0 Å². The van der Waals surface area contributed by atoms with E-state index in [4.69, 9.17) is 4.74 Å². The predicted molar refractivity (Wildman–Crippen MR) is 69.7 cm³/mol. The van der Waals surface area contributed by atoms with E-state index in [-0.39, 0.29) is 6.10 Å². The Balaban J connectivity index is 2.04. The fraction of sp³-hybridized carbons (Fsp3) is 0.286. The van der Waals surface area contributed by atoms with E-state index in [2.05, 4.69) is 11.5 Å². The molecule has 17 heavy (non-hydrogen) atoms. The maximum Gasteiger partial charge on any atom is 0.124 e. The van der Waals surface area contributed by atoms with Crippen molar-refractivity contribution < 1.29 is 4.74 Å². The van der Waals surface area contributed by atoms with E-state index < -0.39 is 0 Å². The molecule has 0 saturated heterocycles. The number of para-hydroxylation sites is 1. The first-order chi connectivity index (χ1) is 8.25. The molecule has 3 nitrogen and oxygen atoms in total. The molecule has 0 aliphatic heterocycles. The number of nitrogens with zero attached hydrogens (tertiary/aromatic N) is 1. The predicted octanol–water partition coefficient (Wildman–Crippen LogP) is 3.02. The first-order valence-corrected chi connectivity index (χ1v) is 5.87. The van der Waals surface area contributed by atoms with Crippen LogP contribution in [0.2, 0.25) is 0 Å². The van der Waals surface area contributed by atoms with Crippen LogP contribution in [-0.2, 0) is 6.54 Å². The molecule has 0 fully saturated rings. The van der Waals surface area contributed by atoms with Crippen LogP contribution in [0.5, 0.6) is 5.75 Å². The Morgan fingerprint density at radius 2 is 1.82 bits per heavy atom. The Morgan fingerprint density at radius 3 is 2.53 bits per heavy atom. The zero-order valence-corrected chi connectivity index (χ0v) is 10.3. The Hall–Kier alpha value is -1.90. The van der Waals surface area contributed by atoms with Gasteiger partial charge in [0.25, 0.3) is 0 Å². The number of hydrogen-bond donors (Lipinski definition) is 1. The maximum absolute atomic E-state index is 5.77. The fourth-order valence-corrected chi connectivity index (χ4v) is 1.64. The molecule has 2 rings (SSSR count). The fourth-order valence-electron chi connectivity index (χ4n) is 1.64. The summed E-state index contributed by atoms with van der Waals surface area (Å²) in [5, 5.41) is 0. The van der Waals surface area contributed by atoms with Crippen LogP contribution in [0.4, 0.5) is 0 Å². The molecular formula is C14H18N2O. The minimum absolute atomic E-state index is 0.197. The molecule has 0 amide bonds. The molecule has 0 unspecified atom stereocenters. The quantitative estimate of drug-likeness (QED) is 0.854. The van der Waals surface area contributed by atoms with Crippen molar-refractivity contribution in [1.29, 1.82) is 0 Å². The first kappa shape index (κ1) is 11.6. The first-order valence-electron chi connectivity index (χ1n) is 5.87. The van der Waals surface area contributed by atoms with Gasteiger partial charge in [-0.25, -0.2) is 0 Å². The number of aromatic nitrogens is 1. The number of ether oxygens (including phenoxy) is 1. The van der Waals surface area contributed by atoms with E-state index in [1.54, 1.807) is 0 Å². The lowest BCUT2D eigenvalue weighted by molar-refractivity contribution is 0.240. The average molecular weight is 230 g/mol. The maximum atomic E-state index is 5.77. The van der Waals surface area contributed by atoms with Crippen molar-refractivity contribution in [3.8, 4) is 5.75 Å². The molecule has 3 heteroatoms. The van der Waals surface area contributed by atoms with Crippen LogP contribution in [0, 0.1) is 0 Å². The molecule has 90 valence electrons. The van der Waals surface area contributed by atoms with Crippen LogP contribution in [-0.4, -0.2) is 10.8 Å². The van der Waals surface area contributed by atoms with Crippen molar-refractivity contribution in [3.05, 3.63) is 54.4 Å². The third-order valence-electron chi connectivity index (χ3n) is 2.39. The van der Waals surface area contributed by atoms with E-state index in [1.807, 2.05) is 61.2 Å². The third kappa shape index (κ3) is 3.28.